The van der Waals surface area contributed by atoms with Crippen LogP contribution in [0.15, 0.2) is 24.3 Å². The Bertz CT molecular complexity index is 527. The number of rotatable bonds is 1. The van der Waals surface area contributed by atoms with Gasteiger partial charge in [-0.3, -0.25) is 4.79 Å². The predicted molar refractivity (Wildman–Crippen MR) is 68.7 cm³/mol. The third-order valence-electron chi connectivity index (χ3n) is 5.01. The van der Waals surface area contributed by atoms with Crippen molar-refractivity contribution in [1.29, 1.82) is 0 Å². The van der Waals surface area contributed by atoms with Crippen molar-refractivity contribution in [2.24, 2.45) is 11.8 Å². The molecule has 94 valence electrons. The van der Waals surface area contributed by atoms with Crippen LogP contribution >= 0.6 is 11.6 Å². The van der Waals surface area contributed by atoms with E-state index in [-0.39, 0.29) is 17.5 Å². The fourth-order valence-electron chi connectivity index (χ4n) is 4.50. The van der Waals surface area contributed by atoms with Gasteiger partial charge in [0.2, 0.25) is 0 Å². The van der Waals surface area contributed by atoms with Crippen LogP contribution in [0.3, 0.4) is 0 Å². The van der Waals surface area contributed by atoms with Crippen molar-refractivity contribution in [1.82, 2.24) is 0 Å². The van der Waals surface area contributed by atoms with Gasteiger partial charge in [-0.2, -0.15) is 0 Å². The zero-order valence-electron chi connectivity index (χ0n) is 10.2. The van der Waals surface area contributed by atoms with Crippen molar-refractivity contribution in [3.63, 3.8) is 0 Å². The Balaban J connectivity index is 1.70. The van der Waals surface area contributed by atoms with E-state index in [9.17, 15) is 4.79 Å². The molecule has 0 aliphatic heterocycles. The lowest BCUT2D eigenvalue weighted by atomic mass is 9.61. The average Bonchev–Trinajstić information content (AvgIpc) is 2.79. The Morgan fingerprint density at radius 2 is 1.83 bits per heavy atom. The van der Waals surface area contributed by atoms with Crippen LogP contribution in [0.5, 0.6) is 0 Å². The van der Waals surface area contributed by atoms with Gasteiger partial charge in [-0.25, -0.2) is 0 Å². The highest BCUT2D eigenvalue weighted by atomic mass is 35.5. The molecule has 0 aromatic heterocycles. The molecule has 0 heterocycles. The molecule has 1 aromatic rings. The second kappa shape index (κ2) is 3.51. The molecule has 4 rings (SSSR count). The molecule has 6 unspecified atom stereocenters. The van der Waals surface area contributed by atoms with E-state index in [1.165, 1.54) is 18.1 Å². The quantitative estimate of drug-likeness (QED) is 0.574. The number of esters is 1. The molecule has 6 atom stereocenters. The second-order valence-corrected chi connectivity index (χ2v) is 6.27. The van der Waals surface area contributed by atoms with Crippen molar-refractivity contribution < 1.29 is 9.53 Å². The number of benzene rings is 1. The van der Waals surface area contributed by atoms with Crippen LogP contribution in [0.1, 0.15) is 36.3 Å². The SMILES string of the molecule is CC(=O)OC1C(Cl)C2CC1C1c3ccccc3C21. The summed E-state index contributed by atoms with van der Waals surface area (Å²) < 4.78 is 5.45. The first-order valence-electron chi connectivity index (χ1n) is 6.58. The molecule has 3 heteroatoms. The molecule has 0 saturated heterocycles. The van der Waals surface area contributed by atoms with Crippen LogP contribution < -0.4 is 0 Å². The maximum atomic E-state index is 11.2. The van der Waals surface area contributed by atoms with Crippen molar-refractivity contribution >= 4 is 17.6 Å². The maximum absolute atomic E-state index is 11.2. The van der Waals surface area contributed by atoms with Crippen LogP contribution in [0.4, 0.5) is 0 Å². The predicted octanol–water partition coefficient (Wildman–Crippen LogP) is 3.06. The zero-order chi connectivity index (χ0) is 12.4. The molecule has 0 spiro atoms. The second-order valence-electron chi connectivity index (χ2n) is 5.76. The van der Waals surface area contributed by atoms with Gasteiger partial charge >= 0.3 is 5.97 Å². The molecule has 2 fully saturated rings. The lowest BCUT2D eigenvalue weighted by molar-refractivity contribution is -0.149. The summed E-state index contributed by atoms with van der Waals surface area (Å²) in [4.78, 5) is 11.2. The minimum absolute atomic E-state index is 0.00601. The number of fused-ring (bicyclic) bond motifs is 8. The number of hydrogen-bond donors (Lipinski definition) is 0. The van der Waals surface area contributed by atoms with Gasteiger partial charge in [0.1, 0.15) is 6.10 Å². The fourth-order valence-corrected chi connectivity index (χ4v) is 5.00. The Labute approximate surface area is 111 Å². The number of ether oxygens (including phenoxy) is 1. The van der Waals surface area contributed by atoms with Gasteiger partial charge in [0.05, 0.1) is 5.38 Å². The lowest BCUT2D eigenvalue weighted by Crippen LogP contribution is -2.44. The molecule has 18 heavy (non-hydrogen) atoms. The first-order valence-corrected chi connectivity index (χ1v) is 7.02. The third kappa shape index (κ3) is 1.17. The highest BCUT2D eigenvalue weighted by Crippen LogP contribution is 2.68. The van der Waals surface area contributed by atoms with Gasteiger partial charge in [-0.15, -0.1) is 11.6 Å². The molecule has 3 aliphatic carbocycles. The van der Waals surface area contributed by atoms with Gasteiger partial charge in [0, 0.05) is 12.8 Å². The van der Waals surface area contributed by atoms with Crippen LogP contribution in [-0.2, 0) is 9.53 Å². The van der Waals surface area contributed by atoms with E-state index in [1.807, 2.05) is 0 Å². The molecular weight excluding hydrogens is 248 g/mol. The normalized spacial score (nSPS) is 43.0. The monoisotopic (exact) mass is 262 g/mol. The number of carbonyl (C=O) groups excluding carboxylic acids is 1. The minimum Gasteiger partial charge on any atom is -0.461 e. The van der Waals surface area contributed by atoms with E-state index in [4.69, 9.17) is 16.3 Å². The molecule has 0 radical (unpaired) electrons. The lowest BCUT2D eigenvalue weighted by Gasteiger charge is -2.46. The van der Waals surface area contributed by atoms with Crippen LogP contribution in [0.25, 0.3) is 0 Å². The fraction of sp³-hybridized carbons (Fsp3) is 0.533. The molecule has 2 saturated carbocycles. The first kappa shape index (κ1) is 10.9. The van der Waals surface area contributed by atoms with Gasteiger partial charge < -0.3 is 4.74 Å². The Kier molecular flexibility index (Phi) is 2.12. The molecule has 3 aliphatic rings. The summed E-state index contributed by atoms with van der Waals surface area (Å²) in [5, 5.41) is -0.00601. The Morgan fingerprint density at radius 1 is 1.22 bits per heavy atom. The van der Waals surface area contributed by atoms with E-state index in [2.05, 4.69) is 24.3 Å². The molecule has 2 nitrogen and oxygen atoms in total. The Morgan fingerprint density at radius 3 is 2.44 bits per heavy atom. The van der Waals surface area contributed by atoms with Crippen molar-refractivity contribution in [2.45, 2.75) is 36.7 Å². The minimum atomic E-state index is -0.206. The van der Waals surface area contributed by atoms with E-state index >= 15 is 0 Å². The van der Waals surface area contributed by atoms with Crippen LogP contribution in [-0.4, -0.2) is 17.5 Å². The van der Waals surface area contributed by atoms with E-state index < -0.39 is 0 Å². The van der Waals surface area contributed by atoms with Gasteiger partial charge in [-0.05, 0) is 35.3 Å². The number of carbonyl (C=O) groups is 1. The summed E-state index contributed by atoms with van der Waals surface area (Å²) in [6.45, 7) is 1.47. The van der Waals surface area contributed by atoms with Crippen molar-refractivity contribution in [3.05, 3.63) is 35.4 Å². The van der Waals surface area contributed by atoms with Gasteiger partial charge in [0.25, 0.3) is 0 Å². The van der Waals surface area contributed by atoms with E-state index in [1.54, 1.807) is 0 Å². The highest BCUT2D eigenvalue weighted by molar-refractivity contribution is 6.21. The highest BCUT2D eigenvalue weighted by Gasteiger charge is 2.64. The molecule has 2 bridgehead atoms. The third-order valence-corrected chi connectivity index (χ3v) is 5.59. The zero-order valence-corrected chi connectivity index (χ0v) is 10.9. The molecular formula is C15H15ClO2. The molecule has 1 aromatic carbocycles. The number of halogens is 1. The summed E-state index contributed by atoms with van der Waals surface area (Å²) in [6.07, 6.45) is 1.03. The van der Waals surface area contributed by atoms with E-state index in [0.29, 0.717) is 23.7 Å². The Hall–Kier alpha value is -1.02. The van der Waals surface area contributed by atoms with Crippen molar-refractivity contribution in [3.8, 4) is 0 Å². The summed E-state index contributed by atoms with van der Waals surface area (Å²) >= 11 is 6.50. The molecule has 0 amide bonds. The summed E-state index contributed by atoms with van der Waals surface area (Å²) in [5.74, 6) is 1.90. The summed E-state index contributed by atoms with van der Waals surface area (Å²) in [5.41, 5.74) is 2.93. The van der Waals surface area contributed by atoms with Crippen LogP contribution in [0.2, 0.25) is 0 Å². The smallest absolute Gasteiger partial charge is 0.302 e. The number of alkyl halides is 1. The van der Waals surface area contributed by atoms with E-state index in [0.717, 1.165) is 6.42 Å². The molecule has 0 N–H and O–H groups in total. The van der Waals surface area contributed by atoms with Gasteiger partial charge in [0.15, 0.2) is 0 Å². The number of hydrogen-bond acceptors (Lipinski definition) is 2. The average molecular weight is 263 g/mol. The van der Waals surface area contributed by atoms with Crippen LogP contribution in [0, 0.1) is 11.8 Å². The summed E-state index contributed by atoms with van der Waals surface area (Å²) in [7, 11) is 0. The standard InChI is InChI=1S/C15H15ClO2/c1-7(17)18-15-11-6-10(14(15)16)12-8-4-2-3-5-9(8)13(11)12/h2-5,10-15H,6H2,1H3. The first-order chi connectivity index (χ1) is 8.68. The van der Waals surface area contributed by atoms with Gasteiger partial charge in [-0.1, -0.05) is 24.3 Å². The van der Waals surface area contributed by atoms with Crippen molar-refractivity contribution in [2.75, 3.05) is 0 Å². The maximum Gasteiger partial charge on any atom is 0.302 e. The largest absolute Gasteiger partial charge is 0.461 e. The summed E-state index contributed by atoms with van der Waals surface area (Å²) in [6, 6.07) is 8.64. The topological polar surface area (TPSA) is 26.3 Å².